The van der Waals surface area contributed by atoms with Crippen molar-refractivity contribution in [2.75, 3.05) is 0 Å². The van der Waals surface area contributed by atoms with E-state index < -0.39 is 0 Å². The Labute approximate surface area is 142 Å². The smallest absolute Gasteiger partial charge is 0.123 e. The third-order valence-corrected chi connectivity index (χ3v) is 5.34. The summed E-state index contributed by atoms with van der Waals surface area (Å²) in [6.45, 7) is 0.986. The minimum absolute atomic E-state index is 0.224. The van der Waals surface area contributed by atoms with Crippen molar-refractivity contribution in [2.24, 2.45) is 0 Å². The van der Waals surface area contributed by atoms with E-state index in [1.807, 2.05) is 17.6 Å². The molecular formula is C19H14FN3S. The van der Waals surface area contributed by atoms with Crippen LogP contribution < -0.4 is 0 Å². The van der Waals surface area contributed by atoms with Crippen LogP contribution in [0.5, 0.6) is 0 Å². The van der Waals surface area contributed by atoms with E-state index in [1.165, 1.54) is 16.8 Å². The molecule has 0 radical (unpaired) electrons. The fourth-order valence-electron chi connectivity index (χ4n) is 3.43. The molecule has 0 N–H and O–H groups in total. The molecule has 24 heavy (non-hydrogen) atoms. The van der Waals surface area contributed by atoms with Crippen molar-refractivity contribution in [2.45, 2.75) is 19.4 Å². The molecule has 0 amide bonds. The summed E-state index contributed by atoms with van der Waals surface area (Å²) in [7, 11) is 0. The summed E-state index contributed by atoms with van der Waals surface area (Å²) >= 11 is 1.65. The van der Waals surface area contributed by atoms with Crippen molar-refractivity contribution in [3.63, 3.8) is 0 Å². The van der Waals surface area contributed by atoms with E-state index in [1.54, 1.807) is 11.3 Å². The summed E-state index contributed by atoms with van der Waals surface area (Å²) in [6, 6.07) is 13.0. The van der Waals surface area contributed by atoms with Gasteiger partial charge in [0, 0.05) is 24.1 Å². The van der Waals surface area contributed by atoms with Crippen LogP contribution in [-0.4, -0.2) is 14.5 Å². The molecule has 0 spiro atoms. The maximum Gasteiger partial charge on any atom is 0.123 e. The summed E-state index contributed by atoms with van der Waals surface area (Å²) in [5.74, 6) is 0.895. The molecule has 2 aromatic heterocycles. The lowest BCUT2D eigenvalue weighted by Crippen LogP contribution is -1.96. The summed E-state index contributed by atoms with van der Waals surface area (Å²) < 4.78 is 16.8. The molecule has 0 atom stereocenters. The van der Waals surface area contributed by atoms with Gasteiger partial charge in [0.05, 0.1) is 27.1 Å². The Morgan fingerprint density at radius 2 is 1.88 bits per heavy atom. The molecule has 1 aliphatic rings. The fourth-order valence-corrected chi connectivity index (χ4v) is 4.15. The first-order valence-electron chi connectivity index (χ1n) is 7.98. The first kappa shape index (κ1) is 13.9. The number of fused-ring (bicyclic) bond motifs is 2. The highest BCUT2D eigenvalue weighted by Crippen LogP contribution is 2.37. The van der Waals surface area contributed by atoms with Crippen molar-refractivity contribution in [1.29, 1.82) is 0 Å². The summed E-state index contributed by atoms with van der Waals surface area (Å²) in [5, 5.41) is 0. The van der Waals surface area contributed by atoms with Gasteiger partial charge < -0.3 is 4.57 Å². The largest absolute Gasteiger partial charge is 0.327 e. The minimum atomic E-state index is -0.224. The first-order valence-corrected chi connectivity index (χ1v) is 8.86. The molecule has 118 valence electrons. The van der Waals surface area contributed by atoms with Gasteiger partial charge in [-0.05, 0) is 42.8 Å². The minimum Gasteiger partial charge on any atom is -0.327 e. The number of halogens is 1. The number of rotatable bonds is 2. The highest BCUT2D eigenvalue weighted by Gasteiger charge is 2.23. The van der Waals surface area contributed by atoms with Crippen molar-refractivity contribution in [3.05, 3.63) is 59.6 Å². The lowest BCUT2D eigenvalue weighted by atomic mass is 10.0. The predicted molar refractivity (Wildman–Crippen MR) is 94.6 cm³/mol. The molecule has 3 nitrogen and oxygen atoms in total. The maximum absolute atomic E-state index is 13.3. The molecule has 0 fully saturated rings. The van der Waals surface area contributed by atoms with Crippen LogP contribution in [0.15, 0.2) is 48.0 Å². The summed E-state index contributed by atoms with van der Waals surface area (Å²) in [6.07, 6.45) is 2.12. The van der Waals surface area contributed by atoms with E-state index in [4.69, 9.17) is 4.98 Å². The summed E-state index contributed by atoms with van der Waals surface area (Å²) in [4.78, 5) is 9.22. The maximum atomic E-state index is 13.3. The van der Waals surface area contributed by atoms with Crippen LogP contribution in [0.4, 0.5) is 4.39 Å². The molecule has 0 saturated heterocycles. The standard InChI is InChI=1S/C19H14FN3S/c20-14-6-3-12(4-7-14)18-19(23-9-1-2-17(23)22-18)13-5-8-15-16(10-13)24-11-21-15/h3-8,10-11H,1-2,9H2. The topological polar surface area (TPSA) is 30.7 Å². The molecule has 2 aromatic carbocycles. The molecule has 5 rings (SSSR count). The zero-order valence-corrected chi connectivity index (χ0v) is 13.7. The van der Waals surface area contributed by atoms with Crippen LogP contribution in [0.25, 0.3) is 32.7 Å². The third kappa shape index (κ3) is 2.08. The zero-order valence-electron chi connectivity index (χ0n) is 12.9. The molecule has 0 saturated carbocycles. The quantitative estimate of drug-likeness (QED) is 0.521. The van der Waals surface area contributed by atoms with Crippen molar-refractivity contribution in [1.82, 2.24) is 14.5 Å². The highest BCUT2D eigenvalue weighted by molar-refractivity contribution is 7.16. The average Bonchev–Trinajstić information content (AvgIpc) is 3.29. The molecule has 4 aromatic rings. The lowest BCUT2D eigenvalue weighted by molar-refractivity contribution is 0.628. The molecule has 0 unspecified atom stereocenters. The Morgan fingerprint density at radius 1 is 1.04 bits per heavy atom. The van der Waals surface area contributed by atoms with Crippen molar-refractivity contribution >= 4 is 21.6 Å². The Bertz CT molecular complexity index is 1050. The number of aromatic nitrogens is 3. The number of aryl methyl sites for hydroxylation is 1. The van der Waals surface area contributed by atoms with Gasteiger partial charge in [-0.3, -0.25) is 0 Å². The van der Waals surface area contributed by atoms with Crippen LogP contribution in [0.3, 0.4) is 0 Å². The SMILES string of the molecule is Fc1ccc(-c2nc3n(c2-c2ccc4ncsc4c2)CCC3)cc1. The average molecular weight is 335 g/mol. The van der Waals surface area contributed by atoms with Crippen LogP contribution in [0, 0.1) is 5.82 Å². The second kappa shape index (κ2) is 5.24. The van der Waals surface area contributed by atoms with Crippen LogP contribution >= 0.6 is 11.3 Å². The van der Waals surface area contributed by atoms with Crippen LogP contribution in [0.2, 0.25) is 0 Å². The molecule has 0 aliphatic carbocycles. The van der Waals surface area contributed by atoms with Gasteiger partial charge in [-0.15, -0.1) is 11.3 Å². The summed E-state index contributed by atoms with van der Waals surface area (Å²) in [5.41, 5.74) is 7.06. The van der Waals surface area contributed by atoms with Gasteiger partial charge in [-0.2, -0.15) is 0 Å². The number of thiazole rings is 1. The number of imidazole rings is 1. The van der Waals surface area contributed by atoms with Gasteiger partial charge in [0.15, 0.2) is 0 Å². The normalized spacial score (nSPS) is 13.5. The predicted octanol–water partition coefficient (Wildman–Crippen LogP) is 4.91. The van der Waals surface area contributed by atoms with Crippen molar-refractivity contribution in [3.8, 4) is 22.5 Å². The monoisotopic (exact) mass is 335 g/mol. The number of hydrogen-bond acceptors (Lipinski definition) is 3. The third-order valence-electron chi connectivity index (χ3n) is 4.55. The van der Waals surface area contributed by atoms with E-state index in [2.05, 4.69) is 27.8 Å². The van der Waals surface area contributed by atoms with Gasteiger partial charge in [-0.25, -0.2) is 14.4 Å². The molecule has 3 heterocycles. The zero-order chi connectivity index (χ0) is 16.1. The van der Waals surface area contributed by atoms with E-state index in [-0.39, 0.29) is 5.82 Å². The second-order valence-corrected chi connectivity index (χ2v) is 6.91. The fraction of sp³-hybridized carbons (Fsp3) is 0.158. The number of hydrogen-bond donors (Lipinski definition) is 0. The van der Waals surface area contributed by atoms with Gasteiger partial charge in [0.1, 0.15) is 11.6 Å². The molecular weight excluding hydrogens is 321 g/mol. The van der Waals surface area contributed by atoms with E-state index in [0.29, 0.717) is 0 Å². The van der Waals surface area contributed by atoms with E-state index in [9.17, 15) is 4.39 Å². The highest BCUT2D eigenvalue weighted by atomic mass is 32.1. The van der Waals surface area contributed by atoms with Crippen LogP contribution in [0.1, 0.15) is 12.2 Å². The molecule has 1 aliphatic heterocycles. The molecule has 0 bridgehead atoms. The lowest BCUT2D eigenvalue weighted by Gasteiger charge is -2.09. The number of nitrogens with zero attached hydrogens (tertiary/aromatic N) is 3. The van der Waals surface area contributed by atoms with E-state index in [0.717, 1.165) is 53.2 Å². The molecule has 5 heteroatoms. The Balaban J connectivity index is 1.75. The van der Waals surface area contributed by atoms with E-state index >= 15 is 0 Å². The second-order valence-electron chi connectivity index (χ2n) is 6.02. The van der Waals surface area contributed by atoms with Gasteiger partial charge in [0.25, 0.3) is 0 Å². The van der Waals surface area contributed by atoms with Crippen LogP contribution in [-0.2, 0) is 13.0 Å². The Hall–Kier alpha value is -2.53. The Morgan fingerprint density at radius 3 is 2.75 bits per heavy atom. The number of benzene rings is 2. The first-order chi connectivity index (χ1) is 11.8. The van der Waals surface area contributed by atoms with Crippen molar-refractivity contribution < 1.29 is 4.39 Å². The van der Waals surface area contributed by atoms with Gasteiger partial charge >= 0.3 is 0 Å². The Kier molecular flexibility index (Phi) is 3.03. The van der Waals surface area contributed by atoms with Gasteiger partial charge in [0.2, 0.25) is 0 Å². The van der Waals surface area contributed by atoms with Gasteiger partial charge in [-0.1, -0.05) is 6.07 Å².